The Morgan fingerprint density at radius 2 is 1.77 bits per heavy atom. The summed E-state index contributed by atoms with van der Waals surface area (Å²) in [6, 6.07) is 17.5. The lowest BCUT2D eigenvalue weighted by Gasteiger charge is -2.26. The van der Waals surface area contributed by atoms with E-state index in [-0.39, 0.29) is 17.9 Å². The summed E-state index contributed by atoms with van der Waals surface area (Å²) in [6.07, 6.45) is 7.57. The van der Waals surface area contributed by atoms with Gasteiger partial charge in [0.2, 0.25) is 0 Å². The van der Waals surface area contributed by atoms with Crippen LogP contribution in [0.1, 0.15) is 79.5 Å². The first kappa shape index (κ1) is 23.1. The van der Waals surface area contributed by atoms with Crippen molar-refractivity contribution < 1.29 is 19.1 Å². The van der Waals surface area contributed by atoms with Gasteiger partial charge in [-0.3, -0.25) is 4.79 Å². The smallest absolute Gasteiger partial charge is 0.337 e. The molecular weight excluding hydrogens is 388 g/mol. The highest BCUT2D eigenvalue weighted by atomic mass is 16.5. The molecule has 0 heterocycles. The Kier molecular flexibility index (Phi) is 8.69. The summed E-state index contributed by atoms with van der Waals surface area (Å²) in [5.74, 6) is 0.0145. The predicted molar refractivity (Wildman–Crippen MR) is 122 cm³/mol. The van der Waals surface area contributed by atoms with Gasteiger partial charge in [-0.2, -0.15) is 0 Å². The van der Waals surface area contributed by atoms with Crippen molar-refractivity contribution in [3.8, 4) is 0 Å². The molecule has 0 aromatic heterocycles. The zero-order chi connectivity index (χ0) is 22.1. The molecule has 0 bridgehead atoms. The van der Waals surface area contributed by atoms with Gasteiger partial charge in [0.25, 0.3) is 0 Å². The summed E-state index contributed by atoms with van der Waals surface area (Å²) in [6.45, 7) is 2.23. The SMILES string of the molecule is COC(=O)c1cccc([C@@H](CCc2ccccc2)OC(=O)[C@@H]2CCCCCC(C)C2)c1. The van der Waals surface area contributed by atoms with Crippen molar-refractivity contribution >= 4 is 11.9 Å². The van der Waals surface area contributed by atoms with E-state index in [0.717, 1.165) is 31.2 Å². The number of aryl methyl sites for hydroxylation is 1. The Labute approximate surface area is 186 Å². The highest BCUT2D eigenvalue weighted by molar-refractivity contribution is 5.89. The first-order chi connectivity index (χ1) is 15.1. The van der Waals surface area contributed by atoms with Gasteiger partial charge in [-0.1, -0.05) is 75.1 Å². The summed E-state index contributed by atoms with van der Waals surface area (Å²) >= 11 is 0. The molecule has 1 fully saturated rings. The van der Waals surface area contributed by atoms with E-state index in [9.17, 15) is 9.59 Å². The van der Waals surface area contributed by atoms with E-state index in [4.69, 9.17) is 9.47 Å². The van der Waals surface area contributed by atoms with Gasteiger partial charge < -0.3 is 9.47 Å². The largest absolute Gasteiger partial charge is 0.465 e. The molecule has 0 radical (unpaired) electrons. The third-order valence-corrected chi connectivity index (χ3v) is 6.25. The second kappa shape index (κ2) is 11.7. The van der Waals surface area contributed by atoms with Gasteiger partial charge in [0, 0.05) is 0 Å². The minimum Gasteiger partial charge on any atom is -0.465 e. The van der Waals surface area contributed by atoms with Gasteiger partial charge in [0.15, 0.2) is 0 Å². The van der Waals surface area contributed by atoms with Crippen LogP contribution in [0, 0.1) is 11.8 Å². The molecule has 4 heteroatoms. The van der Waals surface area contributed by atoms with Crippen LogP contribution in [0.25, 0.3) is 0 Å². The maximum absolute atomic E-state index is 13.2. The van der Waals surface area contributed by atoms with Crippen LogP contribution in [0.3, 0.4) is 0 Å². The Bertz CT molecular complexity index is 845. The molecule has 31 heavy (non-hydrogen) atoms. The Hall–Kier alpha value is -2.62. The third kappa shape index (κ3) is 6.95. The van der Waals surface area contributed by atoms with Crippen molar-refractivity contribution in [1.82, 2.24) is 0 Å². The van der Waals surface area contributed by atoms with Crippen LogP contribution in [0.2, 0.25) is 0 Å². The van der Waals surface area contributed by atoms with Crippen LogP contribution in [0.5, 0.6) is 0 Å². The van der Waals surface area contributed by atoms with Gasteiger partial charge in [0.1, 0.15) is 6.10 Å². The zero-order valence-corrected chi connectivity index (χ0v) is 18.7. The molecule has 1 aliphatic carbocycles. The molecule has 2 aromatic carbocycles. The molecule has 0 N–H and O–H groups in total. The number of esters is 2. The molecule has 3 rings (SSSR count). The molecule has 2 aromatic rings. The lowest BCUT2D eigenvalue weighted by atomic mass is 9.85. The predicted octanol–water partition coefficient (Wildman–Crippen LogP) is 6.30. The average Bonchev–Trinajstić information content (AvgIpc) is 2.79. The standard InChI is InChI=1S/C27H34O4/c1-20-10-5-3-8-13-23(18-20)27(29)31-25(17-16-21-11-6-4-7-12-21)22-14-9-15-24(19-22)26(28)30-2/h4,6-7,9,11-12,14-15,19-20,23,25H,3,5,8,10,13,16-18H2,1-2H3/t20?,23-,25-/m1/s1. The van der Waals surface area contributed by atoms with Gasteiger partial charge in [-0.25, -0.2) is 4.79 Å². The second-order valence-electron chi connectivity index (χ2n) is 8.74. The molecule has 166 valence electrons. The van der Waals surface area contributed by atoms with E-state index in [1.54, 1.807) is 12.1 Å². The van der Waals surface area contributed by atoms with E-state index in [0.29, 0.717) is 17.9 Å². The van der Waals surface area contributed by atoms with Crippen molar-refractivity contribution in [2.75, 3.05) is 7.11 Å². The quantitative estimate of drug-likeness (QED) is 0.492. The minimum absolute atomic E-state index is 0.0432. The number of benzene rings is 2. The van der Waals surface area contributed by atoms with Gasteiger partial charge in [0.05, 0.1) is 18.6 Å². The Morgan fingerprint density at radius 3 is 2.55 bits per heavy atom. The number of carbonyl (C=O) groups excluding carboxylic acids is 2. The van der Waals surface area contributed by atoms with Gasteiger partial charge in [-0.15, -0.1) is 0 Å². The van der Waals surface area contributed by atoms with Crippen molar-refractivity contribution in [1.29, 1.82) is 0 Å². The fourth-order valence-corrected chi connectivity index (χ4v) is 4.45. The molecule has 0 saturated heterocycles. The van der Waals surface area contributed by atoms with Crippen LogP contribution in [0.4, 0.5) is 0 Å². The Balaban J connectivity index is 1.77. The first-order valence-corrected chi connectivity index (χ1v) is 11.5. The highest BCUT2D eigenvalue weighted by Gasteiger charge is 2.27. The fourth-order valence-electron chi connectivity index (χ4n) is 4.45. The molecule has 0 spiro atoms. The highest BCUT2D eigenvalue weighted by Crippen LogP contribution is 2.31. The van der Waals surface area contributed by atoms with Crippen molar-refractivity contribution in [3.05, 3.63) is 71.3 Å². The number of ether oxygens (including phenoxy) is 2. The average molecular weight is 423 g/mol. The lowest BCUT2D eigenvalue weighted by Crippen LogP contribution is -2.24. The van der Waals surface area contributed by atoms with Crippen LogP contribution >= 0.6 is 0 Å². The summed E-state index contributed by atoms with van der Waals surface area (Å²) < 4.78 is 11.0. The van der Waals surface area contributed by atoms with Crippen molar-refractivity contribution in [2.45, 2.75) is 64.4 Å². The minimum atomic E-state index is -0.391. The van der Waals surface area contributed by atoms with E-state index in [1.807, 2.05) is 30.3 Å². The topological polar surface area (TPSA) is 52.6 Å². The van der Waals surface area contributed by atoms with Gasteiger partial charge >= 0.3 is 11.9 Å². The molecule has 1 unspecified atom stereocenters. The van der Waals surface area contributed by atoms with Crippen LogP contribution < -0.4 is 0 Å². The fraction of sp³-hybridized carbons (Fsp3) is 0.481. The lowest BCUT2D eigenvalue weighted by molar-refractivity contribution is -0.156. The summed E-state index contributed by atoms with van der Waals surface area (Å²) in [5, 5.41) is 0. The number of methoxy groups -OCH3 is 1. The van der Waals surface area contributed by atoms with E-state index in [2.05, 4.69) is 19.1 Å². The van der Waals surface area contributed by atoms with Crippen molar-refractivity contribution in [2.24, 2.45) is 11.8 Å². The van der Waals surface area contributed by atoms with E-state index >= 15 is 0 Å². The molecular formula is C27H34O4. The van der Waals surface area contributed by atoms with Gasteiger partial charge in [-0.05, 0) is 54.9 Å². The maximum Gasteiger partial charge on any atom is 0.337 e. The second-order valence-corrected chi connectivity index (χ2v) is 8.74. The molecule has 1 saturated carbocycles. The molecule has 1 aliphatic rings. The number of hydrogen-bond acceptors (Lipinski definition) is 4. The van der Waals surface area contributed by atoms with Crippen LogP contribution in [0.15, 0.2) is 54.6 Å². The molecule has 3 atom stereocenters. The number of hydrogen-bond donors (Lipinski definition) is 0. The Morgan fingerprint density at radius 1 is 1.00 bits per heavy atom. The summed E-state index contributed by atoms with van der Waals surface area (Å²) in [7, 11) is 1.37. The zero-order valence-electron chi connectivity index (χ0n) is 18.7. The number of rotatable bonds is 7. The normalized spacial score (nSPS) is 20.2. The molecule has 0 amide bonds. The molecule has 4 nitrogen and oxygen atoms in total. The van der Waals surface area contributed by atoms with E-state index in [1.165, 1.54) is 31.9 Å². The van der Waals surface area contributed by atoms with Crippen LogP contribution in [-0.2, 0) is 20.7 Å². The number of carbonyl (C=O) groups is 2. The first-order valence-electron chi connectivity index (χ1n) is 11.5. The third-order valence-electron chi connectivity index (χ3n) is 6.25. The van der Waals surface area contributed by atoms with E-state index < -0.39 is 6.10 Å². The summed E-state index contributed by atoms with van der Waals surface area (Å²) in [5.41, 5.74) is 2.51. The van der Waals surface area contributed by atoms with Crippen molar-refractivity contribution in [3.63, 3.8) is 0 Å². The maximum atomic E-state index is 13.2. The van der Waals surface area contributed by atoms with Crippen LogP contribution in [-0.4, -0.2) is 19.0 Å². The monoisotopic (exact) mass is 422 g/mol. The molecule has 0 aliphatic heterocycles. The summed E-state index contributed by atoms with van der Waals surface area (Å²) in [4.78, 5) is 25.2.